The quantitative estimate of drug-likeness (QED) is 0.746. The molecule has 3 fully saturated rings. The van der Waals surface area contributed by atoms with Crippen LogP contribution in [0.4, 0.5) is 0 Å². The summed E-state index contributed by atoms with van der Waals surface area (Å²) in [5, 5.41) is 10.0. The van der Waals surface area contributed by atoms with Crippen LogP contribution < -0.4 is 0 Å². The summed E-state index contributed by atoms with van der Waals surface area (Å²) in [4.78, 5) is 31.1. The number of aliphatic hydroxyl groups excluding tert-OH is 1. The highest BCUT2D eigenvalue weighted by Crippen LogP contribution is 2.40. The third-order valence-corrected chi connectivity index (χ3v) is 5.20. The van der Waals surface area contributed by atoms with Crippen LogP contribution in [0.5, 0.6) is 0 Å². The zero-order valence-electron chi connectivity index (χ0n) is 13.4. The Bertz CT molecular complexity index is 664. The van der Waals surface area contributed by atoms with E-state index in [1.165, 1.54) is 4.90 Å². The molecule has 0 radical (unpaired) electrons. The SMILES string of the molecule is Cc1ccc(CN2C(=O)C3CC(O)CN3C3(CN(C)C3)C2=O)o1. The first kappa shape index (κ1) is 14.9. The molecular formula is C16H21N3O4. The molecule has 4 rings (SSSR count). The molecule has 2 amide bonds. The molecule has 0 saturated carbocycles. The summed E-state index contributed by atoms with van der Waals surface area (Å²) in [6.45, 7) is 3.58. The van der Waals surface area contributed by atoms with Crippen molar-refractivity contribution in [2.75, 3.05) is 26.7 Å². The number of amides is 2. The van der Waals surface area contributed by atoms with E-state index in [2.05, 4.69) is 4.90 Å². The molecule has 4 heterocycles. The lowest BCUT2D eigenvalue weighted by Gasteiger charge is -2.57. The van der Waals surface area contributed by atoms with Gasteiger partial charge in [0.1, 0.15) is 17.1 Å². The maximum absolute atomic E-state index is 13.1. The number of nitrogens with zero attached hydrogens (tertiary/aromatic N) is 3. The number of carbonyl (C=O) groups is 2. The third kappa shape index (κ3) is 2.07. The standard InChI is InChI=1S/C16H21N3O4/c1-10-3-4-12(23-10)7-18-14(21)13-5-11(20)6-19(13)16(15(18)22)8-17(2)9-16/h3-4,11,13,20H,5-9H2,1-2H3. The van der Waals surface area contributed by atoms with Gasteiger partial charge in [-0.1, -0.05) is 0 Å². The van der Waals surface area contributed by atoms with Crippen molar-refractivity contribution in [1.82, 2.24) is 14.7 Å². The summed E-state index contributed by atoms with van der Waals surface area (Å²) in [5.74, 6) is 0.979. The molecule has 124 valence electrons. The van der Waals surface area contributed by atoms with Gasteiger partial charge in [0.15, 0.2) is 0 Å². The molecule has 0 bridgehead atoms. The van der Waals surface area contributed by atoms with Crippen molar-refractivity contribution in [3.8, 4) is 0 Å². The number of hydrogen-bond donors (Lipinski definition) is 1. The van der Waals surface area contributed by atoms with Crippen LogP contribution in [0.25, 0.3) is 0 Å². The van der Waals surface area contributed by atoms with Crippen molar-refractivity contribution >= 4 is 11.8 Å². The van der Waals surface area contributed by atoms with Crippen molar-refractivity contribution in [1.29, 1.82) is 0 Å². The second-order valence-electron chi connectivity index (χ2n) is 7.00. The fraction of sp³-hybridized carbons (Fsp3) is 0.625. The zero-order chi connectivity index (χ0) is 16.4. The second-order valence-corrected chi connectivity index (χ2v) is 7.00. The molecule has 2 unspecified atom stereocenters. The number of hydrogen-bond acceptors (Lipinski definition) is 6. The Labute approximate surface area is 134 Å². The number of likely N-dealkylation sites (tertiary alicyclic amines) is 1. The molecule has 23 heavy (non-hydrogen) atoms. The van der Waals surface area contributed by atoms with E-state index in [1.807, 2.05) is 24.9 Å². The fourth-order valence-corrected chi connectivity index (χ4v) is 4.21. The Morgan fingerprint density at radius 3 is 2.70 bits per heavy atom. The number of β-amino-alcohol motifs (C(OH)–C–C–N with tert-alkyl or cyclic N) is 1. The highest BCUT2D eigenvalue weighted by molar-refractivity contribution is 6.05. The van der Waals surface area contributed by atoms with Crippen molar-refractivity contribution in [2.45, 2.75) is 37.6 Å². The van der Waals surface area contributed by atoms with Gasteiger partial charge in [0.05, 0.1) is 18.7 Å². The number of rotatable bonds is 2. The number of aryl methyl sites for hydroxylation is 1. The number of aliphatic hydroxyl groups is 1. The molecular weight excluding hydrogens is 298 g/mol. The summed E-state index contributed by atoms with van der Waals surface area (Å²) in [7, 11) is 1.96. The average molecular weight is 319 g/mol. The van der Waals surface area contributed by atoms with Gasteiger partial charge in [0.2, 0.25) is 5.91 Å². The Hall–Kier alpha value is -1.70. The van der Waals surface area contributed by atoms with Gasteiger partial charge in [-0.05, 0) is 32.5 Å². The molecule has 0 aromatic carbocycles. The van der Waals surface area contributed by atoms with Gasteiger partial charge in [0.25, 0.3) is 5.91 Å². The summed E-state index contributed by atoms with van der Waals surface area (Å²) < 4.78 is 5.54. The Morgan fingerprint density at radius 2 is 2.09 bits per heavy atom. The van der Waals surface area contributed by atoms with Crippen LogP contribution in [-0.4, -0.2) is 76.0 Å². The lowest BCUT2D eigenvalue weighted by atomic mass is 9.83. The summed E-state index contributed by atoms with van der Waals surface area (Å²) in [5.41, 5.74) is -0.674. The van der Waals surface area contributed by atoms with E-state index in [0.717, 1.165) is 5.76 Å². The van der Waals surface area contributed by atoms with E-state index in [4.69, 9.17) is 4.42 Å². The molecule has 2 atom stereocenters. The van der Waals surface area contributed by atoms with E-state index >= 15 is 0 Å². The molecule has 3 aliphatic rings. The summed E-state index contributed by atoms with van der Waals surface area (Å²) >= 11 is 0. The van der Waals surface area contributed by atoms with E-state index in [0.29, 0.717) is 31.8 Å². The van der Waals surface area contributed by atoms with Gasteiger partial charge in [-0.3, -0.25) is 19.4 Å². The number of likely N-dealkylation sites (N-methyl/N-ethyl adjacent to an activating group) is 1. The highest BCUT2D eigenvalue weighted by Gasteiger charge is 2.63. The molecule has 7 nitrogen and oxygen atoms in total. The molecule has 1 aromatic rings. The first-order chi connectivity index (χ1) is 10.9. The van der Waals surface area contributed by atoms with Crippen LogP contribution >= 0.6 is 0 Å². The number of imide groups is 1. The monoisotopic (exact) mass is 319 g/mol. The summed E-state index contributed by atoms with van der Waals surface area (Å²) in [6.07, 6.45) is -0.157. The lowest BCUT2D eigenvalue weighted by Crippen LogP contribution is -2.80. The molecule has 1 spiro atoms. The van der Waals surface area contributed by atoms with Gasteiger partial charge >= 0.3 is 0 Å². The molecule has 3 saturated heterocycles. The van der Waals surface area contributed by atoms with E-state index in [9.17, 15) is 14.7 Å². The molecule has 3 aliphatic heterocycles. The molecule has 0 aliphatic carbocycles. The summed E-state index contributed by atoms with van der Waals surface area (Å²) in [6, 6.07) is 3.21. The van der Waals surface area contributed by atoms with Crippen molar-refractivity contribution in [3.05, 3.63) is 23.7 Å². The van der Waals surface area contributed by atoms with Crippen LogP contribution in [0.1, 0.15) is 17.9 Å². The van der Waals surface area contributed by atoms with Crippen LogP contribution in [-0.2, 0) is 16.1 Å². The van der Waals surface area contributed by atoms with Gasteiger partial charge in [0, 0.05) is 19.6 Å². The number of carbonyl (C=O) groups excluding carboxylic acids is 2. The van der Waals surface area contributed by atoms with Gasteiger partial charge in [-0.2, -0.15) is 0 Å². The Balaban J connectivity index is 1.67. The van der Waals surface area contributed by atoms with E-state index in [-0.39, 0.29) is 18.4 Å². The highest BCUT2D eigenvalue weighted by atomic mass is 16.3. The van der Waals surface area contributed by atoms with Gasteiger partial charge in [-0.25, -0.2) is 0 Å². The van der Waals surface area contributed by atoms with Crippen LogP contribution in [0.15, 0.2) is 16.5 Å². The molecule has 1 aromatic heterocycles. The number of furan rings is 1. The molecule has 7 heteroatoms. The fourth-order valence-electron chi connectivity index (χ4n) is 4.21. The minimum atomic E-state index is -0.674. The predicted molar refractivity (Wildman–Crippen MR) is 80.3 cm³/mol. The van der Waals surface area contributed by atoms with E-state index < -0.39 is 17.7 Å². The van der Waals surface area contributed by atoms with Crippen molar-refractivity contribution in [2.24, 2.45) is 0 Å². The number of piperazine rings is 1. The Morgan fingerprint density at radius 1 is 1.35 bits per heavy atom. The predicted octanol–water partition coefficient (Wildman–Crippen LogP) is -0.424. The van der Waals surface area contributed by atoms with Gasteiger partial charge in [-0.15, -0.1) is 0 Å². The average Bonchev–Trinajstić information content (AvgIpc) is 3.05. The van der Waals surface area contributed by atoms with Crippen molar-refractivity contribution in [3.63, 3.8) is 0 Å². The largest absolute Gasteiger partial charge is 0.464 e. The van der Waals surface area contributed by atoms with E-state index in [1.54, 1.807) is 6.07 Å². The van der Waals surface area contributed by atoms with Crippen molar-refractivity contribution < 1.29 is 19.1 Å². The maximum Gasteiger partial charge on any atom is 0.252 e. The minimum absolute atomic E-state index is 0.164. The zero-order valence-corrected chi connectivity index (χ0v) is 13.4. The Kier molecular flexibility index (Phi) is 3.16. The van der Waals surface area contributed by atoms with Crippen LogP contribution in [0.3, 0.4) is 0 Å². The molecule has 1 N–H and O–H groups in total. The minimum Gasteiger partial charge on any atom is -0.464 e. The topological polar surface area (TPSA) is 77.2 Å². The normalized spacial score (nSPS) is 30.8. The smallest absolute Gasteiger partial charge is 0.252 e. The number of fused-ring (bicyclic) bond motifs is 2. The van der Waals surface area contributed by atoms with Crippen LogP contribution in [0.2, 0.25) is 0 Å². The van der Waals surface area contributed by atoms with Crippen LogP contribution in [0, 0.1) is 6.92 Å². The van der Waals surface area contributed by atoms with Gasteiger partial charge < -0.3 is 14.4 Å². The second kappa shape index (κ2) is 4.90. The maximum atomic E-state index is 13.1. The third-order valence-electron chi connectivity index (χ3n) is 5.20. The lowest BCUT2D eigenvalue weighted by molar-refractivity contribution is -0.179. The first-order valence-corrected chi connectivity index (χ1v) is 7.95. The first-order valence-electron chi connectivity index (χ1n) is 7.95.